The molecule has 3 aromatic rings. The summed E-state index contributed by atoms with van der Waals surface area (Å²) in [5, 5.41) is 43.9. The molecule has 8 heteroatoms. The van der Waals surface area contributed by atoms with Gasteiger partial charge in [0.05, 0.1) is 0 Å². The molecule has 1 unspecified atom stereocenters. The number of benzene rings is 3. The first-order valence-electron chi connectivity index (χ1n) is 11.7. The van der Waals surface area contributed by atoms with Gasteiger partial charge in [0.15, 0.2) is 23.0 Å². The van der Waals surface area contributed by atoms with Crippen molar-refractivity contribution >= 4 is 29.5 Å². The Morgan fingerprint density at radius 2 is 1.24 bits per heavy atom. The first-order chi connectivity index (χ1) is 18.2. The quantitative estimate of drug-likeness (QED) is 0.160. The Morgan fingerprint density at radius 1 is 0.711 bits per heavy atom. The number of phenols is 4. The van der Waals surface area contributed by atoms with E-state index in [0.717, 1.165) is 11.1 Å². The summed E-state index contributed by atoms with van der Waals surface area (Å²) >= 11 is 0. The third kappa shape index (κ3) is 6.50. The lowest BCUT2D eigenvalue weighted by molar-refractivity contribution is -0.121. The monoisotopic (exact) mass is 510 g/mol. The number of rotatable bonds is 7. The molecule has 1 aliphatic carbocycles. The highest BCUT2D eigenvalue weighted by molar-refractivity contribution is 5.95. The van der Waals surface area contributed by atoms with Crippen molar-refractivity contribution in [2.75, 3.05) is 0 Å². The van der Waals surface area contributed by atoms with Gasteiger partial charge in [0.1, 0.15) is 5.66 Å². The molecule has 0 bridgehead atoms. The van der Waals surface area contributed by atoms with E-state index in [-0.39, 0.29) is 29.4 Å². The molecule has 192 valence electrons. The number of allylic oxidation sites excluding steroid dienone is 2. The van der Waals surface area contributed by atoms with Crippen LogP contribution in [0.25, 0.3) is 17.7 Å². The molecule has 0 aromatic heterocycles. The van der Waals surface area contributed by atoms with Crippen molar-refractivity contribution in [3.05, 3.63) is 114 Å². The van der Waals surface area contributed by atoms with E-state index in [1.54, 1.807) is 6.08 Å². The van der Waals surface area contributed by atoms with Crippen LogP contribution in [0.2, 0.25) is 0 Å². The lowest BCUT2D eigenvalue weighted by Gasteiger charge is -2.33. The molecule has 1 aliphatic rings. The number of carbonyl (C=O) groups excluding carboxylic acids is 2. The molecule has 0 fully saturated rings. The topological polar surface area (TPSA) is 139 Å². The van der Waals surface area contributed by atoms with Gasteiger partial charge in [-0.3, -0.25) is 9.59 Å². The Morgan fingerprint density at radius 3 is 1.68 bits per heavy atom. The van der Waals surface area contributed by atoms with E-state index in [9.17, 15) is 30.0 Å². The van der Waals surface area contributed by atoms with Crippen molar-refractivity contribution in [1.82, 2.24) is 10.6 Å². The van der Waals surface area contributed by atoms with E-state index >= 15 is 0 Å². The number of hydrogen-bond donors (Lipinski definition) is 6. The third-order valence-electron chi connectivity index (χ3n) is 5.84. The fourth-order valence-corrected chi connectivity index (χ4v) is 3.86. The van der Waals surface area contributed by atoms with Crippen LogP contribution in [0, 0.1) is 0 Å². The number of hydrogen-bond acceptors (Lipinski definition) is 6. The van der Waals surface area contributed by atoms with Gasteiger partial charge in [0.25, 0.3) is 0 Å². The highest BCUT2D eigenvalue weighted by atomic mass is 16.3. The van der Waals surface area contributed by atoms with Crippen molar-refractivity contribution in [2.45, 2.75) is 12.1 Å². The first kappa shape index (κ1) is 25.8. The maximum Gasteiger partial charge on any atom is 0.246 e. The second-order valence-electron chi connectivity index (χ2n) is 8.68. The van der Waals surface area contributed by atoms with Crippen LogP contribution in [0.1, 0.15) is 23.1 Å². The van der Waals surface area contributed by atoms with Gasteiger partial charge in [0, 0.05) is 18.6 Å². The molecular weight excluding hydrogens is 484 g/mol. The third-order valence-corrected chi connectivity index (χ3v) is 5.84. The summed E-state index contributed by atoms with van der Waals surface area (Å²) < 4.78 is 0. The highest BCUT2D eigenvalue weighted by Crippen LogP contribution is 2.28. The van der Waals surface area contributed by atoms with Gasteiger partial charge in [-0.05, 0) is 64.8 Å². The Hall–Kier alpha value is -5.24. The lowest BCUT2D eigenvalue weighted by Crippen LogP contribution is -2.59. The summed E-state index contributed by atoms with van der Waals surface area (Å²) in [6, 6.07) is 18.0. The molecule has 6 N–H and O–H groups in total. The van der Waals surface area contributed by atoms with Gasteiger partial charge in [-0.1, -0.05) is 54.6 Å². The van der Waals surface area contributed by atoms with Crippen molar-refractivity contribution in [3.63, 3.8) is 0 Å². The summed E-state index contributed by atoms with van der Waals surface area (Å²) in [4.78, 5) is 25.7. The zero-order valence-corrected chi connectivity index (χ0v) is 20.2. The Balaban J connectivity index is 1.53. The minimum Gasteiger partial charge on any atom is -0.504 e. The van der Waals surface area contributed by atoms with Gasteiger partial charge in [-0.15, -0.1) is 0 Å². The van der Waals surface area contributed by atoms with Crippen molar-refractivity contribution in [3.8, 4) is 23.0 Å². The number of aromatic hydroxyl groups is 4. The van der Waals surface area contributed by atoms with E-state index in [1.807, 2.05) is 42.5 Å². The van der Waals surface area contributed by atoms with E-state index in [2.05, 4.69) is 10.6 Å². The molecule has 38 heavy (non-hydrogen) atoms. The highest BCUT2D eigenvalue weighted by Gasteiger charge is 2.31. The van der Waals surface area contributed by atoms with Crippen LogP contribution >= 0.6 is 0 Å². The minimum absolute atomic E-state index is 0.266. The van der Waals surface area contributed by atoms with E-state index in [0.29, 0.717) is 11.1 Å². The molecule has 0 radical (unpaired) electrons. The molecule has 0 spiro atoms. The summed E-state index contributed by atoms with van der Waals surface area (Å²) in [5.41, 5.74) is 1.71. The number of phenolic OH excluding ortho intramolecular Hbond substituents is 4. The average molecular weight is 511 g/mol. The number of nitrogens with one attached hydrogen (secondary N) is 2. The van der Waals surface area contributed by atoms with Crippen LogP contribution in [-0.2, 0) is 9.59 Å². The van der Waals surface area contributed by atoms with Crippen LogP contribution in [0.3, 0.4) is 0 Å². The van der Waals surface area contributed by atoms with Crippen LogP contribution in [0.4, 0.5) is 0 Å². The fraction of sp³-hybridized carbons (Fsp3) is 0.0667. The molecule has 1 atom stereocenters. The smallest absolute Gasteiger partial charge is 0.246 e. The summed E-state index contributed by atoms with van der Waals surface area (Å²) in [6.45, 7) is 0. The van der Waals surface area contributed by atoms with Crippen LogP contribution in [0.5, 0.6) is 23.0 Å². The zero-order valence-electron chi connectivity index (χ0n) is 20.2. The predicted octanol–water partition coefficient (Wildman–Crippen LogP) is 4.21. The fourth-order valence-electron chi connectivity index (χ4n) is 3.86. The van der Waals surface area contributed by atoms with Crippen LogP contribution < -0.4 is 10.6 Å². The van der Waals surface area contributed by atoms with E-state index in [1.165, 1.54) is 60.7 Å². The Bertz CT molecular complexity index is 1400. The molecule has 0 heterocycles. The molecule has 2 amide bonds. The maximum atomic E-state index is 12.8. The normalized spacial score (nSPS) is 16.9. The number of amides is 2. The lowest BCUT2D eigenvalue weighted by atomic mass is 9.92. The van der Waals surface area contributed by atoms with E-state index in [4.69, 9.17) is 0 Å². The van der Waals surface area contributed by atoms with Gasteiger partial charge in [-0.25, -0.2) is 0 Å². The first-order valence-corrected chi connectivity index (χ1v) is 11.7. The summed E-state index contributed by atoms with van der Waals surface area (Å²) in [7, 11) is 0. The van der Waals surface area contributed by atoms with Crippen LogP contribution in [0.15, 0.2) is 97.1 Å². The van der Waals surface area contributed by atoms with Gasteiger partial charge in [-0.2, -0.15) is 0 Å². The number of carbonyl (C=O) groups is 2. The predicted molar refractivity (Wildman–Crippen MR) is 145 cm³/mol. The molecule has 0 saturated heterocycles. The maximum absolute atomic E-state index is 12.8. The molecule has 0 aliphatic heterocycles. The Kier molecular flexibility index (Phi) is 7.63. The summed E-state index contributed by atoms with van der Waals surface area (Å²) in [6.07, 6.45) is 11.2. The largest absolute Gasteiger partial charge is 0.504 e. The van der Waals surface area contributed by atoms with Crippen molar-refractivity contribution < 1.29 is 30.0 Å². The average Bonchev–Trinajstić information content (AvgIpc) is 2.91. The standard InChI is InChI=1S/C30H26N2O6/c33-24-10-6-20(18-26(24)35)8-12-28(37)31-30(16-14-23(15-17-30)22-4-2-1-3-5-22)32-29(38)13-9-21-7-11-25(34)27(36)19-21/h1-16,18-19,33-36H,17H2,(H,31,37)(H,32,38)/b12-8+,13-9?. The molecule has 0 saturated carbocycles. The molecular formula is C30H26N2O6. The minimum atomic E-state index is -1.23. The molecule has 3 aromatic carbocycles. The second kappa shape index (κ2) is 11.2. The Labute approximate surface area is 219 Å². The van der Waals surface area contributed by atoms with Crippen molar-refractivity contribution in [1.29, 1.82) is 0 Å². The van der Waals surface area contributed by atoms with Crippen molar-refractivity contribution in [2.24, 2.45) is 0 Å². The zero-order chi connectivity index (χ0) is 27.1. The SMILES string of the molecule is O=C(C=Cc1ccc(O)c(O)c1)NC1(NC(=O)/C=C/c2ccc(O)c(O)c2)C=CC(c2ccccc2)=CC1. The van der Waals surface area contributed by atoms with E-state index < -0.39 is 17.5 Å². The summed E-state index contributed by atoms with van der Waals surface area (Å²) in [5.74, 6) is -2.13. The molecule has 8 nitrogen and oxygen atoms in total. The molecule has 4 rings (SSSR count). The second-order valence-corrected chi connectivity index (χ2v) is 8.68. The van der Waals surface area contributed by atoms with Gasteiger partial charge in [0.2, 0.25) is 11.8 Å². The van der Waals surface area contributed by atoms with Crippen LogP contribution in [-0.4, -0.2) is 37.9 Å². The van der Waals surface area contributed by atoms with Gasteiger partial charge >= 0.3 is 0 Å². The van der Waals surface area contributed by atoms with Gasteiger partial charge < -0.3 is 31.1 Å².